The Morgan fingerprint density at radius 2 is 1.16 bits per heavy atom. The molecule has 1 nitrogen and oxygen atoms in total. The minimum Gasteiger partial charge on any atom is -0.244 e. The Morgan fingerprint density at radius 1 is 0.568 bits per heavy atom. The van der Waals surface area contributed by atoms with Crippen LogP contribution in [0.2, 0.25) is 0 Å². The maximum atomic E-state index is 4.86. The van der Waals surface area contributed by atoms with E-state index >= 15 is 0 Å². The molecule has 0 saturated heterocycles. The average molecular weight is 494 g/mol. The third-order valence-corrected chi connectivity index (χ3v) is 8.60. The summed E-state index contributed by atoms with van der Waals surface area (Å²) >= 11 is 1.76. The van der Waals surface area contributed by atoms with Gasteiger partial charge >= 0.3 is 0 Å². The van der Waals surface area contributed by atoms with Gasteiger partial charge < -0.3 is 0 Å². The van der Waals surface area contributed by atoms with Crippen LogP contribution < -0.4 is 0 Å². The molecule has 0 spiro atoms. The van der Waals surface area contributed by atoms with Crippen LogP contribution in [0.4, 0.5) is 0 Å². The number of rotatable bonds is 3. The monoisotopic (exact) mass is 493 g/mol. The highest BCUT2D eigenvalue weighted by Crippen LogP contribution is 2.43. The minimum absolute atomic E-state index is 0.147. The van der Waals surface area contributed by atoms with E-state index in [4.69, 9.17) is 4.98 Å². The highest BCUT2D eigenvalue weighted by Gasteiger charge is 2.17. The summed E-state index contributed by atoms with van der Waals surface area (Å²) in [4.78, 5) is 6.05. The van der Waals surface area contributed by atoms with E-state index in [1.807, 2.05) is 6.20 Å². The summed E-state index contributed by atoms with van der Waals surface area (Å²) in [6.45, 7) is 6.79. The first kappa shape index (κ1) is 22.2. The van der Waals surface area contributed by atoms with Gasteiger partial charge in [-0.25, -0.2) is 4.98 Å². The van der Waals surface area contributed by atoms with Gasteiger partial charge in [0.25, 0.3) is 0 Å². The second kappa shape index (κ2) is 8.26. The van der Waals surface area contributed by atoms with Gasteiger partial charge in [-0.15, -0.1) is 11.3 Å². The predicted octanol–water partition coefficient (Wildman–Crippen LogP) is 10.3. The molecule has 178 valence electrons. The molecule has 0 amide bonds. The van der Waals surface area contributed by atoms with Crippen molar-refractivity contribution in [1.82, 2.24) is 4.98 Å². The van der Waals surface area contributed by atoms with E-state index in [1.165, 1.54) is 65.0 Å². The summed E-state index contributed by atoms with van der Waals surface area (Å²) in [5.41, 5.74) is 6.47. The number of nitrogens with zero attached hydrogens (tertiary/aromatic N) is 1. The van der Waals surface area contributed by atoms with Crippen LogP contribution in [0, 0.1) is 0 Å². The lowest BCUT2D eigenvalue weighted by Gasteiger charge is -2.20. The number of aromatic nitrogens is 1. The number of hydrogen-bond acceptors (Lipinski definition) is 2. The van der Waals surface area contributed by atoms with Gasteiger partial charge in [-0.2, -0.15) is 0 Å². The molecule has 0 radical (unpaired) electrons. The van der Waals surface area contributed by atoms with Crippen molar-refractivity contribution in [2.24, 2.45) is 0 Å². The Morgan fingerprint density at radius 3 is 1.81 bits per heavy atom. The summed E-state index contributed by atoms with van der Waals surface area (Å²) in [6, 6.07) is 37.8. The molecule has 1 aromatic heterocycles. The zero-order valence-electron chi connectivity index (χ0n) is 21.2. The molecule has 0 N–H and O–H groups in total. The van der Waals surface area contributed by atoms with E-state index in [1.54, 1.807) is 11.3 Å². The summed E-state index contributed by atoms with van der Waals surface area (Å²) in [5, 5.41) is 8.87. The maximum absolute atomic E-state index is 4.86. The van der Waals surface area contributed by atoms with E-state index in [0.29, 0.717) is 0 Å². The quantitative estimate of drug-likeness (QED) is 0.223. The first-order chi connectivity index (χ1) is 18.0. The fourth-order valence-electron chi connectivity index (χ4n) is 5.52. The zero-order valence-corrected chi connectivity index (χ0v) is 22.1. The van der Waals surface area contributed by atoms with E-state index < -0.39 is 0 Å². The van der Waals surface area contributed by atoms with Gasteiger partial charge in [0.2, 0.25) is 0 Å². The van der Waals surface area contributed by atoms with Crippen LogP contribution in [-0.2, 0) is 5.41 Å². The summed E-state index contributed by atoms with van der Waals surface area (Å²) in [7, 11) is 0. The first-order valence-electron chi connectivity index (χ1n) is 12.8. The number of hydrogen-bond donors (Lipinski definition) is 0. The molecule has 6 aromatic carbocycles. The first-order valence-corrected chi connectivity index (χ1v) is 13.6. The van der Waals surface area contributed by atoms with Crippen LogP contribution >= 0.6 is 11.3 Å². The van der Waals surface area contributed by atoms with E-state index in [0.717, 1.165) is 5.01 Å². The third-order valence-electron chi connectivity index (χ3n) is 7.52. The molecule has 0 aliphatic rings. The Bertz CT molecular complexity index is 1890. The second-order valence-electron chi connectivity index (χ2n) is 10.9. The molecule has 0 unspecified atom stereocenters. The van der Waals surface area contributed by atoms with Crippen molar-refractivity contribution in [2.75, 3.05) is 0 Å². The van der Waals surface area contributed by atoms with Gasteiger partial charge in [-0.1, -0.05) is 124 Å². The molecule has 0 aliphatic heterocycles. The topological polar surface area (TPSA) is 12.9 Å². The number of thiazole rings is 1. The molecule has 0 saturated carbocycles. The molecule has 0 bridgehead atoms. The van der Waals surface area contributed by atoms with Crippen LogP contribution in [0.3, 0.4) is 0 Å². The highest BCUT2D eigenvalue weighted by molar-refractivity contribution is 7.18. The van der Waals surface area contributed by atoms with Crippen LogP contribution in [-0.4, -0.2) is 4.98 Å². The minimum atomic E-state index is 0.147. The predicted molar refractivity (Wildman–Crippen MR) is 161 cm³/mol. The van der Waals surface area contributed by atoms with Crippen molar-refractivity contribution in [3.63, 3.8) is 0 Å². The smallest absolute Gasteiger partial charge is 0.124 e. The lowest BCUT2D eigenvalue weighted by atomic mass is 9.85. The summed E-state index contributed by atoms with van der Waals surface area (Å²) in [5.74, 6) is 0. The lowest BCUT2D eigenvalue weighted by Crippen LogP contribution is -2.10. The number of benzene rings is 6. The van der Waals surface area contributed by atoms with Crippen molar-refractivity contribution in [3.05, 3.63) is 115 Å². The molecule has 7 rings (SSSR count). The van der Waals surface area contributed by atoms with E-state index in [9.17, 15) is 0 Å². The van der Waals surface area contributed by atoms with Crippen molar-refractivity contribution < 1.29 is 0 Å². The third kappa shape index (κ3) is 3.63. The molecular weight excluding hydrogens is 466 g/mol. The Labute approximate surface area is 221 Å². The van der Waals surface area contributed by atoms with Crippen LogP contribution in [0.25, 0.3) is 64.5 Å². The van der Waals surface area contributed by atoms with Crippen LogP contribution in [0.5, 0.6) is 0 Å². The van der Waals surface area contributed by atoms with Gasteiger partial charge in [0, 0.05) is 11.8 Å². The average Bonchev–Trinajstić information content (AvgIpc) is 3.42. The normalized spacial score (nSPS) is 12.2. The molecule has 7 aromatic rings. The molecule has 37 heavy (non-hydrogen) atoms. The lowest BCUT2D eigenvalue weighted by molar-refractivity contribution is 0.590. The zero-order chi connectivity index (χ0) is 25.1. The molecule has 0 atom stereocenters. The van der Waals surface area contributed by atoms with Crippen LogP contribution in [0.15, 0.2) is 109 Å². The summed E-state index contributed by atoms with van der Waals surface area (Å²) < 4.78 is 0. The molecular formula is C35H27NS. The van der Waals surface area contributed by atoms with Gasteiger partial charge in [0.15, 0.2) is 0 Å². The summed E-state index contributed by atoms with van der Waals surface area (Å²) in [6.07, 6.45) is 2.01. The SMILES string of the molecule is CC(C)(C)c1ccc(-c2ccc3ccc4c(-c5ncc(-c6ccccc6)s5)ccc5ccc2c3c54)cc1. The van der Waals surface area contributed by atoms with Crippen molar-refractivity contribution >= 4 is 43.7 Å². The largest absolute Gasteiger partial charge is 0.244 e. The molecule has 0 fully saturated rings. The maximum Gasteiger partial charge on any atom is 0.124 e. The second-order valence-corrected chi connectivity index (χ2v) is 11.9. The molecule has 0 aliphatic carbocycles. The van der Waals surface area contributed by atoms with Gasteiger partial charge in [0.05, 0.1) is 4.88 Å². The van der Waals surface area contributed by atoms with E-state index in [2.05, 4.69) is 124 Å². The Kier molecular flexibility index (Phi) is 4.96. The molecule has 1 heterocycles. The standard InChI is InChI=1S/C35H27NS/c1-35(2,3)26-15-9-22(10-16-26)27-17-11-24-13-19-29-30(20-14-25-12-18-28(27)32(24)33(25)29)34-36-21-31(37-34)23-7-5-4-6-8-23/h4-21H,1-3H3. The fraction of sp³-hybridized carbons (Fsp3) is 0.114. The Balaban J connectivity index is 1.42. The van der Waals surface area contributed by atoms with Crippen molar-refractivity contribution in [1.29, 1.82) is 0 Å². The fourth-order valence-corrected chi connectivity index (χ4v) is 6.48. The van der Waals surface area contributed by atoms with Crippen molar-refractivity contribution in [2.45, 2.75) is 26.2 Å². The molecule has 2 heteroatoms. The van der Waals surface area contributed by atoms with E-state index in [-0.39, 0.29) is 5.41 Å². The van der Waals surface area contributed by atoms with Gasteiger partial charge in [0.1, 0.15) is 5.01 Å². The van der Waals surface area contributed by atoms with Crippen LogP contribution in [0.1, 0.15) is 26.3 Å². The Hall–Kier alpha value is -4.01. The highest BCUT2D eigenvalue weighted by atomic mass is 32.1. The van der Waals surface area contributed by atoms with Gasteiger partial charge in [-0.05, 0) is 60.0 Å². The van der Waals surface area contributed by atoms with Gasteiger partial charge in [-0.3, -0.25) is 0 Å². The van der Waals surface area contributed by atoms with Crippen molar-refractivity contribution in [3.8, 4) is 32.1 Å².